The van der Waals surface area contributed by atoms with E-state index in [0.29, 0.717) is 5.56 Å². The molecule has 1 N–H and O–H groups in total. The SMILES string of the molecule is O=S(=O)(c1cnc[nH]1)N(Cc1ccccc1F)C1CC1. The van der Waals surface area contributed by atoms with Gasteiger partial charge in [0.1, 0.15) is 5.82 Å². The molecule has 1 heterocycles. The molecule has 0 amide bonds. The van der Waals surface area contributed by atoms with Crippen molar-refractivity contribution in [2.45, 2.75) is 30.5 Å². The lowest BCUT2D eigenvalue weighted by atomic mass is 10.2. The number of benzene rings is 1. The average Bonchev–Trinajstić information content (AvgIpc) is 3.09. The molecule has 1 fully saturated rings. The summed E-state index contributed by atoms with van der Waals surface area (Å²) >= 11 is 0. The zero-order valence-corrected chi connectivity index (χ0v) is 11.5. The van der Waals surface area contributed by atoms with Crippen LogP contribution < -0.4 is 0 Å². The molecule has 0 bridgehead atoms. The molecule has 1 aliphatic carbocycles. The number of sulfonamides is 1. The maximum Gasteiger partial charge on any atom is 0.260 e. The van der Waals surface area contributed by atoms with E-state index in [0.717, 1.165) is 12.8 Å². The van der Waals surface area contributed by atoms with Crippen molar-refractivity contribution in [1.82, 2.24) is 14.3 Å². The minimum absolute atomic E-state index is 0.0404. The Bertz CT molecular complexity index is 696. The number of imidazole rings is 1. The van der Waals surface area contributed by atoms with Gasteiger partial charge in [-0.1, -0.05) is 18.2 Å². The van der Waals surface area contributed by atoms with Gasteiger partial charge in [-0.2, -0.15) is 4.31 Å². The summed E-state index contributed by atoms with van der Waals surface area (Å²) in [7, 11) is -3.66. The second-order valence-electron chi connectivity index (χ2n) is 4.79. The van der Waals surface area contributed by atoms with Crippen molar-refractivity contribution in [1.29, 1.82) is 0 Å². The van der Waals surface area contributed by atoms with Crippen LogP contribution in [0.4, 0.5) is 4.39 Å². The van der Waals surface area contributed by atoms with Crippen molar-refractivity contribution in [2.24, 2.45) is 0 Å². The number of nitrogens with one attached hydrogen (secondary N) is 1. The summed E-state index contributed by atoms with van der Waals surface area (Å²) in [5.74, 6) is -0.391. The van der Waals surface area contributed by atoms with E-state index in [1.54, 1.807) is 18.2 Å². The van der Waals surface area contributed by atoms with Gasteiger partial charge in [0.05, 0.1) is 12.5 Å². The molecule has 0 atom stereocenters. The highest BCUT2D eigenvalue weighted by Crippen LogP contribution is 2.33. The maximum atomic E-state index is 13.7. The second-order valence-corrected chi connectivity index (χ2v) is 6.65. The monoisotopic (exact) mass is 295 g/mol. The Morgan fingerprint density at radius 3 is 2.70 bits per heavy atom. The third-order valence-electron chi connectivity index (χ3n) is 3.30. The fraction of sp³-hybridized carbons (Fsp3) is 0.308. The molecular weight excluding hydrogens is 281 g/mol. The molecule has 0 radical (unpaired) electrons. The van der Waals surface area contributed by atoms with Crippen molar-refractivity contribution in [3.8, 4) is 0 Å². The van der Waals surface area contributed by atoms with Gasteiger partial charge in [0, 0.05) is 18.2 Å². The van der Waals surface area contributed by atoms with E-state index >= 15 is 0 Å². The standard InChI is InChI=1S/C13H14FN3O2S/c14-12-4-2-1-3-10(12)8-17(11-5-6-11)20(18,19)13-7-15-9-16-13/h1-4,7,9,11H,5-6,8H2,(H,15,16). The van der Waals surface area contributed by atoms with Crippen LogP contribution in [0.2, 0.25) is 0 Å². The number of H-pyrrole nitrogens is 1. The van der Waals surface area contributed by atoms with Gasteiger partial charge in [0.25, 0.3) is 10.0 Å². The van der Waals surface area contributed by atoms with Gasteiger partial charge < -0.3 is 4.98 Å². The number of rotatable bonds is 5. The number of hydrogen-bond donors (Lipinski definition) is 1. The van der Waals surface area contributed by atoms with Crippen LogP contribution in [0.25, 0.3) is 0 Å². The number of halogens is 1. The van der Waals surface area contributed by atoms with Crippen LogP contribution in [0.15, 0.2) is 41.8 Å². The summed E-state index contributed by atoms with van der Waals surface area (Å²) in [6.45, 7) is 0.0404. The largest absolute Gasteiger partial charge is 0.335 e. The molecule has 1 aliphatic rings. The van der Waals surface area contributed by atoms with Crippen molar-refractivity contribution >= 4 is 10.0 Å². The van der Waals surface area contributed by atoms with E-state index < -0.39 is 15.8 Å². The van der Waals surface area contributed by atoms with E-state index in [1.165, 1.54) is 22.9 Å². The quantitative estimate of drug-likeness (QED) is 0.916. The van der Waals surface area contributed by atoms with Gasteiger partial charge in [-0.25, -0.2) is 17.8 Å². The number of aromatic amines is 1. The van der Waals surface area contributed by atoms with E-state index in [4.69, 9.17) is 0 Å². The maximum absolute atomic E-state index is 13.7. The summed E-state index contributed by atoms with van der Waals surface area (Å²) in [6.07, 6.45) is 4.21. The summed E-state index contributed by atoms with van der Waals surface area (Å²) in [6, 6.07) is 6.18. The van der Waals surface area contributed by atoms with E-state index in [-0.39, 0.29) is 17.6 Å². The smallest absolute Gasteiger partial charge is 0.260 e. The summed E-state index contributed by atoms with van der Waals surface area (Å²) < 4.78 is 40.1. The molecule has 2 aromatic rings. The number of nitrogens with zero attached hydrogens (tertiary/aromatic N) is 2. The molecule has 106 valence electrons. The van der Waals surface area contributed by atoms with Crippen molar-refractivity contribution in [2.75, 3.05) is 0 Å². The third-order valence-corrected chi connectivity index (χ3v) is 5.12. The number of hydrogen-bond acceptors (Lipinski definition) is 3. The fourth-order valence-electron chi connectivity index (χ4n) is 2.08. The Morgan fingerprint density at radius 1 is 1.35 bits per heavy atom. The normalized spacial score (nSPS) is 15.7. The Kier molecular flexibility index (Phi) is 3.31. The topological polar surface area (TPSA) is 66.1 Å². The van der Waals surface area contributed by atoms with Crippen LogP contribution >= 0.6 is 0 Å². The fourth-order valence-corrected chi connectivity index (χ4v) is 3.64. The highest BCUT2D eigenvalue weighted by Gasteiger charge is 2.39. The summed E-state index contributed by atoms with van der Waals surface area (Å²) in [5.41, 5.74) is 0.377. The lowest BCUT2D eigenvalue weighted by molar-refractivity contribution is 0.390. The van der Waals surface area contributed by atoms with Gasteiger partial charge in [-0.05, 0) is 18.9 Å². The van der Waals surface area contributed by atoms with Crippen molar-refractivity contribution < 1.29 is 12.8 Å². The van der Waals surface area contributed by atoms with Gasteiger partial charge >= 0.3 is 0 Å². The highest BCUT2D eigenvalue weighted by molar-refractivity contribution is 7.89. The second kappa shape index (κ2) is 4.99. The van der Waals surface area contributed by atoms with Gasteiger partial charge in [-0.3, -0.25) is 0 Å². The Labute approximate surface area is 116 Å². The molecule has 1 aromatic carbocycles. The van der Waals surface area contributed by atoms with E-state index in [1.807, 2.05) is 0 Å². The molecule has 0 saturated heterocycles. The van der Waals surface area contributed by atoms with Crippen LogP contribution in [0, 0.1) is 5.82 Å². The van der Waals surface area contributed by atoms with Crippen LogP contribution in [0.1, 0.15) is 18.4 Å². The lowest BCUT2D eigenvalue weighted by Crippen LogP contribution is -2.33. The lowest BCUT2D eigenvalue weighted by Gasteiger charge is -2.21. The predicted octanol–water partition coefficient (Wildman–Crippen LogP) is 1.90. The molecule has 1 saturated carbocycles. The first-order valence-corrected chi connectivity index (χ1v) is 7.76. The zero-order chi connectivity index (χ0) is 14.2. The minimum atomic E-state index is -3.66. The van der Waals surface area contributed by atoms with Gasteiger partial charge in [0.2, 0.25) is 0 Å². The van der Waals surface area contributed by atoms with Gasteiger partial charge in [-0.15, -0.1) is 0 Å². The Morgan fingerprint density at radius 2 is 2.10 bits per heavy atom. The summed E-state index contributed by atoms with van der Waals surface area (Å²) in [4.78, 5) is 6.35. The summed E-state index contributed by atoms with van der Waals surface area (Å²) in [5, 5.41) is 0.0424. The molecule has 1 aromatic heterocycles. The van der Waals surface area contributed by atoms with Crippen molar-refractivity contribution in [3.05, 3.63) is 48.2 Å². The molecule has 20 heavy (non-hydrogen) atoms. The van der Waals surface area contributed by atoms with Crippen molar-refractivity contribution in [3.63, 3.8) is 0 Å². The first kappa shape index (κ1) is 13.3. The Balaban J connectivity index is 1.93. The van der Waals surface area contributed by atoms with E-state index in [9.17, 15) is 12.8 Å². The molecule has 0 aliphatic heterocycles. The molecule has 5 nitrogen and oxygen atoms in total. The predicted molar refractivity (Wildman–Crippen MR) is 70.7 cm³/mol. The molecule has 0 unspecified atom stereocenters. The number of aromatic nitrogens is 2. The molecular formula is C13H14FN3O2S. The zero-order valence-electron chi connectivity index (χ0n) is 10.7. The minimum Gasteiger partial charge on any atom is -0.335 e. The van der Waals surface area contributed by atoms with Gasteiger partial charge in [0.15, 0.2) is 5.03 Å². The van der Waals surface area contributed by atoms with Crippen LogP contribution in [0.5, 0.6) is 0 Å². The average molecular weight is 295 g/mol. The molecule has 3 rings (SSSR count). The first-order chi connectivity index (χ1) is 9.59. The van der Waals surface area contributed by atoms with Crippen LogP contribution in [-0.4, -0.2) is 28.7 Å². The molecule has 7 heteroatoms. The third kappa shape index (κ3) is 2.46. The highest BCUT2D eigenvalue weighted by atomic mass is 32.2. The van der Waals surface area contributed by atoms with Crippen LogP contribution in [-0.2, 0) is 16.6 Å². The molecule has 0 spiro atoms. The van der Waals surface area contributed by atoms with E-state index in [2.05, 4.69) is 9.97 Å². The van der Waals surface area contributed by atoms with Crippen LogP contribution in [0.3, 0.4) is 0 Å². The Hall–Kier alpha value is -1.73. The first-order valence-electron chi connectivity index (χ1n) is 6.32.